The second-order valence-corrected chi connectivity index (χ2v) is 6.74. The van der Waals surface area contributed by atoms with E-state index in [-0.39, 0.29) is 5.88 Å². The fraction of sp³-hybridized carbons (Fsp3) is 0.143. The molecular weight excluding hydrogens is 324 g/mol. The van der Waals surface area contributed by atoms with Crippen molar-refractivity contribution in [3.8, 4) is 23.1 Å². The molecule has 2 aromatic heterocycles. The van der Waals surface area contributed by atoms with Crippen molar-refractivity contribution in [1.29, 1.82) is 5.26 Å². The summed E-state index contributed by atoms with van der Waals surface area (Å²) in [6.07, 6.45) is 4.01. The van der Waals surface area contributed by atoms with Crippen LogP contribution in [0.15, 0.2) is 48.7 Å². The number of nitrogens with zero attached hydrogens (tertiary/aromatic N) is 3. The van der Waals surface area contributed by atoms with Crippen LogP contribution in [0.2, 0.25) is 0 Å². The maximum Gasteiger partial charge on any atom is 0.203 e. The van der Waals surface area contributed by atoms with E-state index in [9.17, 15) is 10.4 Å². The molecule has 0 radical (unpaired) electrons. The van der Waals surface area contributed by atoms with Crippen molar-refractivity contribution in [2.75, 3.05) is 5.73 Å². The minimum atomic E-state index is 0.192. The highest BCUT2D eigenvalue weighted by Crippen LogP contribution is 2.44. The average molecular weight is 340 g/mol. The van der Waals surface area contributed by atoms with E-state index in [0.717, 1.165) is 34.9 Å². The Kier molecular flexibility index (Phi) is 2.98. The molecule has 0 bridgehead atoms. The van der Waals surface area contributed by atoms with Gasteiger partial charge in [0, 0.05) is 28.8 Å². The van der Waals surface area contributed by atoms with Crippen molar-refractivity contribution in [3.63, 3.8) is 0 Å². The van der Waals surface area contributed by atoms with Crippen LogP contribution in [0, 0.1) is 11.3 Å². The van der Waals surface area contributed by atoms with Crippen LogP contribution in [0.4, 0.5) is 5.69 Å². The molecule has 2 aromatic carbocycles. The van der Waals surface area contributed by atoms with Gasteiger partial charge in [0.25, 0.3) is 0 Å². The fourth-order valence-electron chi connectivity index (χ4n) is 3.64. The van der Waals surface area contributed by atoms with Crippen LogP contribution in [-0.4, -0.2) is 14.7 Å². The molecule has 4 aromatic rings. The van der Waals surface area contributed by atoms with Crippen molar-refractivity contribution in [2.24, 2.45) is 0 Å². The standard InChI is InChI=1S/C21H16N4O/c22-10-12-4-1-2-5-14(12)15-6-3-7-16-19(23)18-17(24-20(15)16)11-25(21(18)26)13-8-9-13/h1-7,11,13,26H,8-9,23H2. The Hall–Kier alpha value is -3.52. The molecule has 0 spiro atoms. The number of aromatic hydroxyl groups is 1. The van der Waals surface area contributed by atoms with E-state index in [1.54, 1.807) is 6.07 Å². The van der Waals surface area contributed by atoms with Crippen LogP contribution in [0.3, 0.4) is 0 Å². The number of para-hydroxylation sites is 1. The van der Waals surface area contributed by atoms with E-state index in [4.69, 9.17) is 10.7 Å². The van der Waals surface area contributed by atoms with E-state index < -0.39 is 0 Å². The summed E-state index contributed by atoms with van der Waals surface area (Å²) in [7, 11) is 0. The zero-order valence-electron chi connectivity index (χ0n) is 14.0. The molecule has 126 valence electrons. The Balaban J connectivity index is 1.87. The SMILES string of the molecule is N#Cc1ccccc1-c1cccc2c(N)c3c(O)n(C4CC4)cc3nc12. The number of fused-ring (bicyclic) bond motifs is 2. The third kappa shape index (κ3) is 1.99. The largest absolute Gasteiger partial charge is 0.494 e. The van der Waals surface area contributed by atoms with Gasteiger partial charge in [0.05, 0.1) is 33.7 Å². The first-order valence-electron chi connectivity index (χ1n) is 8.60. The molecule has 5 rings (SSSR count). The first-order valence-corrected chi connectivity index (χ1v) is 8.60. The molecular formula is C21H16N4O. The van der Waals surface area contributed by atoms with Crippen LogP contribution in [0.5, 0.6) is 5.88 Å². The first-order chi connectivity index (χ1) is 12.7. The lowest BCUT2D eigenvalue weighted by Gasteiger charge is -2.10. The summed E-state index contributed by atoms with van der Waals surface area (Å²) < 4.78 is 1.87. The summed E-state index contributed by atoms with van der Waals surface area (Å²) in [4.78, 5) is 4.81. The van der Waals surface area contributed by atoms with Crippen molar-refractivity contribution in [1.82, 2.24) is 9.55 Å². The van der Waals surface area contributed by atoms with E-state index >= 15 is 0 Å². The number of hydrogen-bond donors (Lipinski definition) is 2. The minimum absolute atomic E-state index is 0.192. The number of nitriles is 1. The summed E-state index contributed by atoms with van der Waals surface area (Å²) >= 11 is 0. The van der Waals surface area contributed by atoms with E-state index in [2.05, 4.69) is 6.07 Å². The molecule has 1 aliphatic carbocycles. The predicted molar refractivity (Wildman–Crippen MR) is 102 cm³/mol. The number of hydrogen-bond acceptors (Lipinski definition) is 4. The molecule has 2 heterocycles. The fourth-order valence-corrected chi connectivity index (χ4v) is 3.64. The maximum absolute atomic E-state index is 10.6. The third-order valence-electron chi connectivity index (χ3n) is 5.09. The zero-order chi connectivity index (χ0) is 17.8. The number of rotatable bonds is 2. The van der Waals surface area contributed by atoms with Crippen molar-refractivity contribution in [2.45, 2.75) is 18.9 Å². The number of nitrogen functional groups attached to an aromatic ring is 1. The van der Waals surface area contributed by atoms with Crippen LogP contribution < -0.4 is 5.73 Å². The molecule has 1 fully saturated rings. The molecule has 1 aliphatic rings. The van der Waals surface area contributed by atoms with Gasteiger partial charge in [0.2, 0.25) is 5.88 Å². The van der Waals surface area contributed by atoms with Gasteiger partial charge in [-0.15, -0.1) is 0 Å². The number of pyridine rings is 1. The Morgan fingerprint density at radius 2 is 1.88 bits per heavy atom. The molecule has 5 heteroatoms. The van der Waals surface area contributed by atoms with Gasteiger partial charge in [-0.25, -0.2) is 4.98 Å². The monoisotopic (exact) mass is 340 g/mol. The Bertz CT molecular complexity index is 1230. The van der Waals surface area contributed by atoms with Gasteiger partial charge in [-0.1, -0.05) is 36.4 Å². The second kappa shape index (κ2) is 5.24. The second-order valence-electron chi connectivity index (χ2n) is 6.74. The summed E-state index contributed by atoms with van der Waals surface area (Å²) in [6, 6.07) is 15.8. The topological polar surface area (TPSA) is 87.9 Å². The molecule has 0 amide bonds. The quantitative estimate of drug-likeness (QED) is 0.568. The molecule has 26 heavy (non-hydrogen) atoms. The Morgan fingerprint density at radius 3 is 2.65 bits per heavy atom. The van der Waals surface area contributed by atoms with Gasteiger partial charge in [0.15, 0.2) is 0 Å². The number of benzene rings is 2. The van der Waals surface area contributed by atoms with Gasteiger partial charge in [-0.3, -0.25) is 0 Å². The minimum Gasteiger partial charge on any atom is -0.494 e. The van der Waals surface area contributed by atoms with E-state index in [0.29, 0.717) is 28.2 Å². The predicted octanol–water partition coefficient (Wildman–Crippen LogP) is 4.35. The molecule has 0 aliphatic heterocycles. The highest BCUT2D eigenvalue weighted by molar-refractivity contribution is 6.12. The van der Waals surface area contributed by atoms with Gasteiger partial charge < -0.3 is 15.4 Å². The summed E-state index contributed by atoms with van der Waals surface area (Å²) in [6.45, 7) is 0. The summed E-state index contributed by atoms with van der Waals surface area (Å²) in [5.74, 6) is 0.192. The van der Waals surface area contributed by atoms with Gasteiger partial charge in [-0.2, -0.15) is 5.26 Å². The molecule has 0 atom stereocenters. The van der Waals surface area contributed by atoms with Crippen molar-refractivity contribution < 1.29 is 5.11 Å². The third-order valence-corrected chi connectivity index (χ3v) is 5.09. The first kappa shape index (κ1) is 14.8. The Morgan fingerprint density at radius 1 is 1.12 bits per heavy atom. The van der Waals surface area contributed by atoms with Gasteiger partial charge >= 0.3 is 0 Å². The smallest absolute Gasteiger partial charge is 0.203 e. The normalized spacial score (nSPS) is 14.0. The lowest BCUT2D eigenvalue weighted by Crippen LogP contribution is -1.94. The molecule has 3 N–H and O–H groups in total. The highest BCUT2D eigenvalue weighted by atomic mass is 16.3. The lowest BCUT2D eigenvalue weighted by molar-refractivity contribution is 0.424. The van der Waals surface area contributed by atoms with E-state index in [1.165, 1.54) is 0 Å². The Labute approximate surface area is 149 Å². The van der Waals surface area contributed by atoms with Crippen LogP contribution in [-0.2, 0) is 0 Å². The highest BCUT2D eigenvalue weighted by Gasteiger charge is 2.28. The number of anilines is 1. The molecule has 0 unspecified atom stereocenters. The van der Waals surface area contributed by atoms with Crippen LogP contribution >= 0.6 is 0 Å². The molecule has 1 saturated carbocycles. The molecule has 0 saturated heterocycles. The van der Waals surface area contributed by atoms with Crippen molar-refractivity contribution >= 4 is 27.5 Å². The van der Waals surface area contributed by atoms with Crippen LogP contribution in [0.1, 0.15) is 24.4 Å². The zero-order valence-corrected chi connectivity index (χ0v) is 14.0. The van der Waals surface area contributed by atoms with Gasteiger partial charge in [0.1, 0.15) is 0 Å². The number of nitrogens with two attached hydrogens (primary N) is 1. The van der Waals surface area contributed by atoms with Crippen molar-refractivity contribution in [3.05, 3.63) is 54.2 Å². The summed E-state index contributed by atoms with van der Waals surface area (Å²) in [5.41, 5.74) is 10.7. The van der Waals surface area contributed by atoms with Gasteiger partial charge in [-0.05, 0) is 18.9 Å². The van der Waals surface area contributed by atoms with E-state index in [1.807, 2.05) is 47.2 Å². The average Bonchev–Trinajstić information content (AvgIpc) is 3.45. The maximum atomic E-state index is 10.6. The lowest BCUT2D eigenvalue weighted by atomic mass is 9.97. The summed E-state index contributed by atoms with van der Waals surface area (Å²) in [5, 5.41) is 21.5. The van der Waals surface area contributed by atoms with Crippen LogP contribution in [0.25, 0.3) is 32.9 Å². The number of aromatic nitrogens is 2. The molecule has 5 nitrogen and oxygen atoms in total.